The molecule has 2 N–H and O–H groups in total. The molecule has 86 valence electrons. The van der Waals surface area contributed by atoms with Gasteiger partial charge in [0.25, 0.3) is 0 Å². The maximum atomic E-state index is 3.96. The third-order valence-corrected chi connectivity index (χ3v) is 3.74. The molecule has 0 saturated heterocycles. The number of nitrogens with zero attached hydrogens (tertiary/aromatic N) is 1. The molecule has 0 saturated carbocycles. The molecule has 0 radical (unpaired) electrons. The zero-order valence-corrected chi connectivity index (χ0v) is 10.5. The van der Waals surface area contributed by atoms with Crippen LogP contribution in [-0.4, -0.2) is 10.2 Å². The van der Waals surface area contributed by atoms with Crippen LogP contribution in [0.15, 0.2) is 23.7 Å². The lowest BCUT2D eigenvalue weighted by Gasteiger charge is -2.11. The van der Waals surface area contributed by atoms with Gasteiger partial charge in [-0.25, -0.2) is 0 Å². The molecular formula is C12H17N3S. The smallest absolute Gasteiger partial charge is 0.0518 e. The summed E-state index contributed by atoms with van der Waals surface area (Å²) in [6, 6.07) is 4.53. The second-order valence-electron chi connectivity index (χ2n) is 3.84. The van der Waals surface area contributed by atoms with E-state index in [0.717, 1.165) is 18.7 Å². The van der Waals surface area contributed by atoms with Crippen LogP contribution in [0.4, 0.5) is 0 Å². The topological polar surface area (TPSA) is 40.7 Å². The fraction of sp³-hybridized carbons (Fsp3) is 0.417. The summed E-state index contributed by atoms with van der Waals surface area (Å²) in [7, 11) is 0. The molecule has 2 heterocycles. The van der Waals surface area contributed by atoms with E-state index in [1.807, 2.05) is 17.4 Å². The minimum atomic E-state index is 0.314. The number of nitrogens with one attached hydrogen (secondary N) is 2. The Hall–Kier alpha value is -1.13. The third-order valence-electron chi connectivity index (χ3n) is 2.78. The van der Waals surface area contributed by atoms with Crippen LogP contribution in [0, 0.1) is 0 Å². The van der Waals surface area contributed by atoms with Crippen LogP contribution in [0.3, 0.4) is 0 Å². The second kappa shape index (κ2) is 5.27. The van der Waals surface area contributed by atoms with Gasteiger partial charge in [0.05, 0.1) is 5.69 Å². The Balaban J connectivity index is 1.92. The first-order chi connectivity index (χ1) is 7.81. The van der Waals surface area contributed by atoms with Gasteiger partial charge in [-0.15, -0.1) is 11.3 Å². The first-order valence-electron chi connectivity index (χ1n) is 5.59. The molecule has 0 amide bonds. The van der Waals surface area contributed by atoms with Gasteiger partial charge in [0.1, 0.15) is 0 Å². The number of hydrogen-bond donors (Lipinski definition) is 2. The minimum Gasteiger partial charge on any atom is -0.304 e. The van der Waals surface area contributed by atoms with Crippen molar-refractivity contribution >= 4 is 11.3 Å². The molecule has 16 heavy (non-hydrogen) atoms. The SMILES string of the molecule is CCc1ccsc1CNC(C)c1ccn[nH]1. The van der Waals surface area contributed by atoms with Gasteiger partial charge in [0.15, 0.2) is 0 Å². The fourth-order valence-corrected chi connectivity index (χ4v) is 2.63. The summed E-state index contributed by atoms with van der Waals surface area (Å²) in [4.78, 5) is 1.44. The predicted molar refractivity (Wildman–Crippen MR) is 67.5 cm³/mol. The molecule has 1 atom stereocenters. The molecule has 0 fully saturated rings. The van der Waals surface area contributed by atoms with Crippen molar-refractivity contribution < 1.29 is 0 Å². The van der Waals surface area contributed by atoms with Crippen LogP contribution >= 0.6 is 11.3 Å². The highest BCUT2D eigenvalue weighted by molar-refractivity contribution is 7.10. The number of hydrogen-bond acceptors (Lipinski definition) is 3. The fourth-order valence-electron chi connectivity index (χ4n) is 1.70. The van der Waals surface area contributed by atoms with E-state index in [1.54, 1.807) is 6.20 Å². The molecule has 0 aliphatic carbocycles. The molecule has 0 bridgehead atoms. The Morgan fingerprint density at radius 1 is 1.50 bits per heavy atom. The summed E-state index contributed by atoms with van der Waals surface area (Å²) in [5, 5.41) is 12.6. The van der Waals surface area contributed by atoms with Gasteiger partial charge in [0.2, 0.25) is 0 Å². The highest BCUT2D eigenvalue weighted by Gasteiger charge is 2.07. The van der Waals surface area contributed by atoms with Gasteiger partial charge >= 0.3 is 0 Å². The molecule has 0 spiro atoms. The highest BCUT2D eigenvalue weighted by atomic mass is 32.1. The van der Waals surface area contributed by atoms with E-state index >= 15 is 0 Å². The zero-order valence-electron chi connectivity index (χ0n) is 9.66. The van der Waals surface area contributed by atoms with Crippen molar-refractivity contribution in [3.8, 4) is 0 Å². The van der Waals surface area contributed by atoms with Crippen LogP contribution in [0.1, 0.15) is 36.0 Å². The lowest BCUT2D eigenvalue weighted by Crippen LogP contribution is -2.18. The molecule has 0 aliphatic heterocycles. The molecule has 0 aliphatic rings. The summed E-state index contributed by atoms with van der Waals surface area (Å²) in [5.74, 6) is 0. The number of aromatic nitrogens is 2. The van der Waals surface area contributed by atoms with E-state index in [1.165, 1.54) is 10.4 Å². The maximum absolute atomic E-state index is 3.96. The van der Waals surface area contributed by atoms with Crippen molar-refractivity contribution in [2.75, 3.05) is 0 Å². The van der Waals surface area contributed by atoms with Crippen LogP contribution in [0.5, 0.6) is 0 Å². The van der Waals surface area contributed by atoms with Crippen LogP contribution in [0.2, 0.25) is 0 Å². The van der Waals surface area contributed by atoms with Crippen molar-refractivity contribution in [2.24, 2.45) is 0 Å². The number of H-pyrrole nitrogens is 1. The molecule has 4 heteroatoms. The van der Waals surface area contributed by atoms with Crippen molar-refractivity contribution in [3.63, 3.8) is 0 Å². The molecule has 2 aromatic rings. The molecule has 3 nitrogen and oxygen atoms in total. The first kappa shape index (κ1) is 11.4. The van der Waals surface area contributed by atoms with E-state index < -0.39 is 0 Å². The van der Waals surface area contributed by atoms with Gasteiger partial charge in [-0.05, 0) is 36.4 Å². The Morgan fingerprint density at radius 3 is 3.06 bits per heavy atom. The number of aromatic amines is 1. The molecule has 0 aromatic carbocycles. The van der Waals surface area contributed by atoms with Gasteiger partial charge in [-0.1, -0.05) is 6.92 Å². The van der Waals surface area contributed by atoms with E-state index in [0.29, 0.717) is 6.04 Å². The first-order valence-corrected chi connectivity index (χ1v) is 6.47. The molecule has 2 aromatic heterocycles. The number of aryl methyl sites for hydroxylation is 1. The van der Waals surface area contributed by atoms with Crippen LogP contribution in [-0.2, 0) is 13.0 Å². The van der Waals surface area contributed by atoms with Gasteiger partial charge in [-0.3, -0.25) is 5.10 Å². The van der Waals surface area contributed by atoms with Crippen LogP contribution < -0.4 is 5.32 Å². The minimum absolute atomic E-state index is 0.314. The molecule has 2 rings (SSSR count). The zero-order chi connectivity index (χ0) is 11.4. The number of thiophene rings is 1. The van der Waals surface area contributed by atoms with Crippen molar-refractivity contribution in [3.05, 3.63) is 39.8 Å². The van der Waals surface area contributed by atoms with Crippen LogP contribution in [0.25, 0.3) is 0 Å². The van der Waals surface area contributed by atoms with Crippen molar-refractivity contribution in [1.29, 1.82) is 0 Å². The normalized spacial score (nSPS) is 12.9. The summed E-state index contributed by atoms with van der Waals surface area (Å²) in [6.45, 7) is 5.28. The maximum Gasteiger partial charge on any atom is 0.0518 e. The van der Waals surface area contributed by atoms with Crippen molar-refractivity contribution in [1.82, 2.24) is 15.5 Å². The average Bonchev–Trinajstić information content (AvgIpc) is 2.96. The van der Waals surface area contributed by atoms with E-state index in [4.69, 9.17) is 0 Å². The Labute approximate surface area is 99.9 Å². The summed E-state index contributed by atoms with van der Waals surface area (Å²) < 4.78 is 0. The van der Waals surface area contributed by atoms with E-state index in [9.17, 15) is 0 Å². The van der Waals surface area contributed by atoms with Gasteiger partial charge < -0.3 is 5.32 Å². The standard InChI is InChI=1S/C12H17N3S/c1-3-10-5-7-16-12(10)8-13-9(2)11-4-6-14-15-11/h4-7,9,13H,3,8H2,1-2H3,(H,14,15). The predicted octanol–water partition coefficient (Wildman–Crippen LogP) is 2.88. The quantitative estimate of drug-likeness (QED) is 0.836. The lowest BCUT2D eigenvalue weighted by molar-refractivity contribution is 0.562. The second-order valence-corrected chi connectivity index (χ2v) is 4.84. The average molecular weight is 235 g/mol. The Kier molecular flexibility index (Phi) is 3.74. The monoisotopic (exact) mass is 235 g/mol. The summed E-state index contributed by atoms with van der Waals surface area (Å²) in [6.07, 6.45) is 2.90. The Bertz CT molecular complexity index is 419. The van der Waals surface area contributed by atoms with Gasteiger partial charge in [-0.2, -0.15) is 5.10 Å². The summed E-state index contributed by atoms with van der Waals surface area (Å²) >= 11 is 1.83. The lowest BCUT2D eigenvalue weighted by atomic mass is 10.2. The van der Waals surface area contributed by atoms with Gasteiger partial charge in [0, 0.05) is 23.7 Å². The third kappa shape index (κ3) is 2.51. The highest BCUT2D eigenvalue weighted by Crippen LogP contribution is 2.18. The summed E-state index contributed by atoms with van der Waals surface area (Å²) in [5.41, 5.74) is 2.59. The Morgan fingerprint density at radius 2 is 2.38 bits per heavy atom. The molecule has 1 unspecified atom stereocenters. The van der Waals surface area contributed by atoms with Crippen molar-refractivity contribution in [2.45, 2.75) is 32.9 Å². The number of rotatable bonds is 5. The van der Waals surface area contributed by atoms with E-state index in [2.05, 4.69) is 40.8 Å². The van der Waals surface area contributed by atoms with E-state index in [-0.39, 0.29) is 0 Å². The largest absolute Gasteiger partial charge is 0.304 e. The molecular weight excluding hydrogens is 218 g/mol.